The fourth-order valence-corrected chi connectivity index (χ4v) is 4.60. The van der Waals surface area contributed by atoms with Gasteiger partial charge in [-0.25, -0.2) is 0 Å². The van der Waals surface area contributed by atoms with Gasteiger partial charge >= 0.3 is 0 Å². The Kier molecular flexibility index (Phi) is 5.51. The van der Waals surface area contributed by atoms with Crippen LogP contribution in [0.3, 0.4) is 0 Å². The van der Waals surface area contributed by atoms with E-state index in [2.05, 4.69) is 22.8 Å². The van der Waals surface area contributed by atoms with Crippen LogP contribution in [0.5, 0.6) is 0 Å². The average molecular weight is 348 g/mol. The molecule has 0 unspecified atom stereocenters. The molecule has 24 heavy (non-hydrogen) atoms. The minimum Gasteiger partial charge on any atom is -0.395 e. The van der Waals surface area contributed by atoms with Crippen LogP contribution in [0.25, 0.3) is 0 Å². The first-order chi connectivity index (χ1) is 11.7. The number of nitrogens with zero attached hydrogens (tertiary/aromatic N) is 4. The maximum absolute atomic E-state index is 12.8. The van der Waals surface area contributed by atoms with Crippen LogP contribution in [-0.4, -0.2) is 72.2 Å². The molecule has 0 saturated carbocycles. The molecular weight excluding hydrogens is 324 g/mol. The number of rotatable bonds is 5. The number of piperazine rings is 1. The lowest BCUT2D eigenvalue weighted by atomic mass is 10.1. The summed E-state index contributed by atoms with van der Waals surface area (Å²) in [5, 5.41) is 21.3. The Hall–Kier alpha value is -1.46. The van der Waals surface area contributed by atoms with E-state index in [0.29, 0.717) is 12.1 Å². The Morgan fingerprint density at radius 1 is 1.38 bits per heavy atom. The van der Waals surface area contributed by atoms with Gasteiger partial charge in [-0.05, 0) is 24.3 Å². The number of thiophene rings is 1. The van der Waals surface area contributed by atoms with Gasteiger partial charge in [-0.2, -0.15) is 5.26 Å². The van der Waals surface area contributed by atoms with Gasteiger partial charge in [0.15, 0.2) is 0 Å². The third-order valence-electron chi connectivity index (χ3n) is 5.18. The maximum atomic E-state index is 12.8. The summed E-state index contributed by atoms with van der Waals surface area (Å²) in [7, 11) is 0. The van der Waals surface area contributed by atoms with Gasteiger partial charge in [-0.15, -0.1) is 11.3 Å². The zero-order valence-electron chi connectivity index (χ0n) is 14.0. The second kappa shape index (κ2) is 7.62. The quantitative estimate of drug-likeness (QED) is 0.863. The van der Waals surface area contributed by atoms with Crippen molar-refractivity contribution in [1.82, 2.24) is 9.80 Å². The highest BCUT2D eigenvalue weighted by Crippen LogP contribution is 2.32. The maximum Gasteiger partial charge on any atom is 0.245 e. The van der Waals surface area contributed by atoms with Crippen LogP contribution in [0.4, 0.5) is 5.00 Å². The highest BCUT2D eigenvalue weighted by molar-refractivity contribution is 7.14. The largest absolute Gasteiger partial charge is 0.395 e. The molecular formula is C17H24N4O2S. The van der Waals surface area contributed by atoms with Crippen molar-refractivity contribution in [2.24, 2.45) is 0 Å². The number of hydrogen-bond acceptors (Lipinski definition) is 6. The number of hydrogen-bond donors (Lipinski definition) is 1. The summed E-state index contributed by atoms with van der Waals surface area (Å²) in [6, 6.07) is 4.10. The minimum atomic E-state index is -0.0741. The Bertz CT molecular complexity index is 614. The summed E-state index contributed by atoms with van der Waals surface area (Å²) < 4.78 is 0. The Balaban J connectivity index is 1.62. The molecule has 1 aromatic rings. The Labute approximate surface area is 146 Å². The van der Waals surface area contributed by atoms with E-state index in [1.165, 1.54) is 11.3 Å². The fourth-order valence-electron chi connectivity index (χ4n) is 3.72. The lowest BCUT2D eigenvalue weighted by Crippen LogP contribution is -2.55. The Morgan fingerprint density at radius 3 is 2.75 bits per heavy atom. The van der Waals surface area contributed by atoms with Crippen molar-refractivity contribution in [3.63, 3.8) is 0 Å². The minimum absolute atomic E-state index is 0.0741. The highest BCUT2D eigenvalue weighted by Gasteiger charge is 2.39. The smallest absolute Gasteiger partial charge is 0.245 e. The van der Waals surface area contributed by atoms with Gasteiger partial charge < -0.3 is 10.0 Å². The summed E-state index contributed by atoms with van der Waals surface area (Å²) in [5.74, 6) is 0.122. The topological polar surface area (TPSA) is 70.8 Å². The first-order valence-corrected chi connectivity index (χ1v) is 9.45. The zero-order valence-corrected chi connectivity index (χ0v) is 14.8. The van der Waals surface area contributed by atoms with Crippen LogP contribution >= 0.6 is 11.3 Å². The summed E-state index contributed by atoms with van der Waals surface area (Å²) >= 11 is 1.46. The van der Waals surface area contributed by atoms with Gasteiger partial charge in [0, 0.05) is 38.8 Å². The monoisotopic (exact) mass is 348 g/mol. The van der Waals surface area contributed by atoms with Crippen LogP contribution in [0.1, 0.15) is 25.3 Å². The summed E-state index contributed by atoms with van der Waals surface area (Å²) in [5.41, 5.74) is 0.590. The third-order valence-corrected chi connectivity index (χ3v) is 6.11. The van der Waals surface area contributed by atoms with E-state index < -0.39 is 0 Å². The first kappa shape index (κ1) is 17.4. The van der Waals surface area contributed by atoms with E-state index in [1.54, 1.807) is 11.0 Å². The fraction of sp³-hybridized carbons (Fsp3) is 0.647. The van der Waals surface area contributed by atoms with Gasteiger partial charge in [0.05, 0.1) is 18.2 Å². The number of nitriles is 1. The van der Waals surface area contributed by atoms with Crippen LogP contribution < -0.4 is 4.90 Å². The van der Waals surface area contributed by atoms with E-state index >= 15 is 0 Å². The zero-order chi connectivity index (χ0) is 17.1. The van der Waals surface area contributed by atoms with E-state index in [9.17, 15) is 15.2 Å². The SMILES string of the molecule is CC[C@H](CO)N1CCN([C@H]2CCN(c3sccc3C#N)C2=O)CC1. The van der Waals surface area contributed by atoms with E-state index in [1.807, 2.05) is 5.38 Å². The molecule has 130 valence electrons. The standard InChI is InChI=1S/C17H24N4O2S/c1-2-14(12-22)19-6-8-20(9-7-19)15-3-5-21(16(15)23)17-13(11-18)4-10-24-17/h4,10,14-15,22H,2-3,5-9,12H2,1H3/t14-,15+/m1/s1. The van der Waals surface area contributed by atoms with Crippen molar-refractivity contribution in [3.05, 3.63) is 17.0 Å². The van der Waals surface area contributed by atoms with E-state index in [0.717, 1.165) is 44.0 Å². The number of aliphatic hydroxyl groups excluding tert-OH is 1. The van der Waals surface area contributed by atoms with Crippen LogP contribution in [0, 0.1) is 11.3 Å². The lowest BCUT2D eigenvalue weighted by Gasteiger charge is -2.40. The molecule has 2 aliphatic rings. The predicted octanol–water partition coefficient (Wildman–Crippen LogP) is 1.11. The molecule has 0 spiro atoms. The first-order valence-electron chi connectivity index (χ1n) is 8.57. The molecule has 0 bridgehead atoms. The molecule has 1 amide bonds. The summed E-state index contributed by atoms with van der Waals surface area (Å²) in [6.45, 7) is 6.48. The normalized spacial score (nSPS) is 24.3. The van der Waals surface area contributed by atoms with E-state index in [-0.39, 0.29) is 24.6 Å². The number of amides is 1. The highest BCUT2D eigenvalue weighted by atomic mass is 32.1. The van der Waals surface area contributed by atoms with Gasteiger partial charge in [-0.3, -0.25) is 14.6 Å². The molecule has 0 radical (unpaired) electrons. The van der Waals surface area contributed by atoms with Crippen LogP contribution in [0.2, 0.25) is 0 Å². The van der Waals surface area contributed by atoms with Crippen LogP contribution in [0.15, 0.2) is 11.4 Å². The van der Waals surface area contributed by atoms with Gasteiger partial charge in [0.1, 0.15) is 11.1 Å². The van der Waals surface area contributed by atoms with Crippen LogP contribution in [-0.2, 0) is 4.79 Å². The average Bonchev–Trinajstić information content (AvgIpc) is 3.22. The number of aliphatic hydroxyl groups is 1. The molecule has 0 aliphatic carbocycles. The Morgan fingerprint density at radius 2 is 2.12 bits per heavy atom. The molecule has 2 atom stereocenters. The van der Waals surface area contributed by atoms with Crippen molar-refractivity contribution in [2.75, 3.05) is 44.2 Å². The molecule has 3 heterocycles. The third kappa shape index (κ3) is 3.20. The van der Waals surface area contributed by atoms with Gasteiger partial charge in [0.2, 0.25) is 5.91 Å². The molecule has 2 fully saturated rings. The summed E-state index contributed by atoms with van der Waals surface area (Å²) in [4.78, 5) is 19.2. The number of carbonyl (C=O) groups excluding carboxylic acids is 1. The molecule has 2 saturated heterocycles. The lowest BCUT2D eigenvalue weighted by molar-refractivity contribution is -0.122. The second-order valence-electron chi connectivity index (χ2n) is 6.36. The summed E-state index contributed by atoms with van der Waals surface area (Å²) in [6.07, 6.45) is 1.76. The predicted molar refractivity (Wildman–Crippen MR) is 94.1 cm³/mol. The van der Waals surface area contributed by atoms with Gasteiger partial charge in [0.25, 0.3) is 0 Å². The molecule has 1 N–H and O–H groups in total. The molecule has 2 aliphatic heterocycles. The van der Waals surface area contributed by atoms with Crippen molar-refractivity contribution in [3.8, 4) is 6.07 Å². The number of carbonyl (C=O) groups is 1. The molecule has 1 aromatic heterocycles. The van der Waals surface area contributed by atoms with Gasteiger partial charge in [-0.1, -0.05) is 6.92 Å². The molecule has 6 nitrogen and oxygen atoms in total. The van der Waals surface area contributed by atoms with Crippen molar-refractivity contribution in [2.45, 2.75) is 31.8 Å². The van der Waals surface area contributed by atoms with Crippen molar-refractivity contribution in [1.29, 1.82) is 5.26 Å². The number of anilines is 1. The molecule has 0 aromatic carbocycles. The molecule has 7 heteroatoms. The van der Waals surface area contributed by atoms with Crippen molar-refractivity contribution < 1.29 is 9.90 Å². The second-order valence-corrected chi connectivity index (χ2v) is 7.26. The van der Waals surface area contributed by atoms with Crippen molar-refractivity contribution >= 4 is 22.2 Å². The molecule has 3 rings (SSSR count). The van der Waals surface area contributed by atoms with E-state index in [4.69, 9.17) is 0 Å².